The van der Waals surface area contributed by atoms with Crippen LogP contribution < -0.4 is 5.73 Å². The molecule has 1 aromatic rings. The first-order valence-corrected chi connectivity index (χ1v) is 5.24. The fraction of sp³-hybridized carbons (Fsp3) is 0.417. The molecule has 1 aliphatic rings. The van der Waals surface area contributed by atoms with E-state index in [9.17, 15) is 4.79 Å². The molecule has 3 N–H and O–H groups in total. The molecule has 1 aromatic carbocycles. The van der Waals surface area contributed by atoms with Gasteiger partial charge in [0.1, 0.15) is 0 Å². The van der Waals surface area contributed by atoms with Crippen LogP contribution in [0.25, 0.3) is 0 Å². The van der Waals surface area contributed by atoms with E-state index >= 15 is 0 Å². The van der Waals surface area contributed by atoms with Crippen LogP contribution in [0.15, 0.2) is 18.2 Å². The summed E-state index contributed by atoms with van der Waals surface area (Å²) in [4.78, 5) is 10.7. The highest BCUT2D eigenvalue weighted by Crippen LogP contribution is 2.35. The number of benzene rings is 1. The number of fused-ring (bicyclic) bond motifs is 1. The van der Waals surface area contributed by atoms with Gasteiger partial charge in [-0.1, -0.05) is 18.2 Å². The van der Waals surface area contributed by atoms with Crippen molar-refractivity contribution in [1.82, 2.24) is 0 Å². The van der Waals surface area contributed by atoms with Crippen molar-refractivity contribution in [2.45, 2.75) is 31.7 Å². The number of hydrogen-bond donors (Lipinski definition) is 2. The van der Waals surface area contributed by atoms with Gasteiger partial charge in [-0.3, -0.25) is 4.79 Å². The van der Waals surface area contributed by atoms with Crippen molar-refractivity contribution < 1.29 is 9.90 Å². The summed E-state index contributed by atoms with van der Waals surface area (Å²) in [6, 6.07) is 6.15. The number of nitrogens with two attached hydrogens (primary N) is 1. The van der Waals surface area contributed by atoms with Gasteiger partial charge in [0.15, 0.2) is 0 Å². The topological polar surface area (TPSA) is 63.3 Å². The quantitative estimate of drug-likeness (QED) is 0.788. The summed E-state index contributed by atoms with van der Waals surface area (Å²) in [6.45, 7) is 0.552. The average Bonchev–Trinajstić information content (AvgIpc) is 2.60. The van der Waals surface area contributed by atoms with Crippen LogP contribution in [0.1, 0.15) is 35.4 Å². The normalized spacial score (nSPS) is 18.9. The van der Waals surface area contributed by atoms with E-state index in [4.69, 9.17) is 10.8 Å². The molecule has 0 aliphatic heterocycles. The summed E-state index contributed by atoms with van der Waals surface area (Å²) in [7, 11) is 0. The number of carboxylic acid groups (broad SMARTS) is 1. The molecule has 80 valence electrons. The Morgan fingerprint density at radius 3 is 3.00 bits per heavy atom. The fourth-order valence-corrected chi connectivity index (χ4v) is 2.31. The second kappa shape index (κ2) is 4.03. The summed E-state index contributed by atoms with van der Waals surface area (Å²) < 4.78 is 0. The minimum atomic E-state index is -0.712. The molecule has 1 unspecified atom stereocenters. The molecular formula is C12H15NO2. The van der Waals surface area contributed by atoms with Crippen molar-refractivity contribution in [3.8, 4) is 0 Å². The van der Waals surface area contributed by atoms with E-state index in [2.05, 4.69) is 6.07 Å². The summed E-state index contributed by atoms with van der Waals surface area (Å²) in [5, 5.41) is 8.78. The van der Waals surface area contributed by atoms with Gasteiger partial charge in [-0.05, 0) is 35.4 Å². The van der Waals surface area contributed by atoms with Crippen LogP contribution in [-0.2, 0) is 17.8 Å². The summed E-state index contributed by atoms with van der Waals surface area (Å²) in [6.07, 6.45) is 2.19. The van der Waals surface area contributed by atoms with E-state index in [0.717, 1.165) is 18.4 Å². The molecule has 0 amide bonds. The molecule has 0 fully saturated rings. The molecule has 1 aliphatic carbocycles. The Bertz CT molecular complexity index is 387. The maximum Gasteiger partial charge on any atom is 0.303 e. The maximum absolute atomic E-state index is 10.7. The van der Waals surface area contributed by atoms with Gasteiger partial charge in [0, 0.05) is 6.54 Å². The molecule has 2 rings (SSSR count). The van der Waals surface area contributed by atoms with Crippen LogP contribution in [0, 0.1) is 0 Å². The standard InChI is InChI=1S/C12H15NO2/c13-7-8-1-4-11-9(5-8)2-3-10(11)6-12(14)15/h1,4-5,10H,2-3,6-7,13H2,(H,14,15). The van der Waals surface area contributed by atoms with Gasteiger partial charge < -0.3 is 10.8 Å². The number of aliphatic carboxylic acids is 1. The van der Waals surface area contributed by atoms with E-state index in [1.165, 1.54) is 11.1 Å². The van der Waals surface area contributed by atoms with Crippen LogP contribution in [0.3, 0.4) is 0 Å². The van der Waals surface area contributed by atoms with Crippen molar-refractivity contribution in [2.24, 2.45) is 5.73 Å². The number of hydrogen-bond acceptors (Lipinski definition) is 2. The molecule has 3 heteroatoms. The van der Waals surface area contributed by atoms with Gasteiger partial charge in [0.05, 0.1) is 6.42 Å². The lowest BCUT2D eigenvalue weighted by Crippen LogP contribution is -2.03. The highest BCUT2D eigenvalue weighted by atomic mass is 16.4. The van der Waals surface area contributed by atoms with Crippen molar-refractivity contribution in [3.63, 3.8) is 0 Å². The van der Waals surface area contributed by atoms with Crippen LogP contribution in [0.5, 0.6) is 0 Å². The third-order valence-electron chi connectivity index (χ3n) is 3.07. The van der Waals surface area contributed by atoms with Crippen molar-refractivity contribution >= 4 is 5.97 Å². The molecule has 0 aromatic heterocycles. The Morgan fingerprint density at radius 2 is 2.33 bits per heavy atom. The van der Waals surface area contributed by atoms with Gasteiger partial charge in [-0.2, -0.15) is 0 Å². The fourth-order valence-electron chi connectivity index (χ4n) is 2.31. The Kier molecular flexibility index (Phi) is 2.73. The summed E-state index contributed by atoms with van der Waals surface area (Å²) in [5.41, 5.74) is 9.18. The molecular weight excluding hydrogens is 190 g/mol. The predicted octanol–water partition coefficient (Wildman–Crippen LogP) is 1.65. The molecule has 1 atom stereocenters. The Morgan fingerprint density at radius 1 is 1.53 bits per heavy atom. The van der Waals surface area contributed by atoms with Gasteiger partial charge in [0.2, 0.25) is 0 Å². The van der Waals surface area contributed by atoms with E-state index in [-0.39, 0.29) is 12.3 Å². The third-order valence-corrected chi connectivity index (χ3v) is 3.07. The van der Waals surface area contributed by atoms with Crippen molar-refractivity contribution in [3.05, 3.63) is 34.9 Å². The third kappa shape index (κ3) is 2.02. The molecule has 0 radical (unpaired) electrons. The highest BCUT2D eigenvalue weighted by Gasteiger charge is 2.24. The number of aryl methyl sites for hydroxylation is 1. The maximum atomic E-state index is 10.7. The zero-order valence-corrected chi connectivity index (χ0v) is 8.57. The minimum Gasteiger partial charge on any atom is -0.481 e. The van der Waals surface area contributed by atoms with Gasteiger partial charge in [0.25, 0.3) is 0 Å². The van der Waals surface area contributed by atoms with Crippen LogP contribution >= 0.6 is 0 Å². The first-order chi connectivity index (χ1) is 7.20. The Labute approximate surface area is 88.9 Å². The lowest BCUT2D eigenvalue weighted by Gasteiger charge is -2.08. The van der Waals surface area contributed by atoms with Crippen LogP contribution in [-0.4, -0.2) is 11.1 Å². The van der Waals surface area contributed by atoms with Gasteiger partial charge >= 0.3 is 5.97 Å². The average molecular weight is 205 g/mol. The summed E-state index contributed by atoms with van der Waals surface area (Å²) in [5.74, 6) is -0.514. The van der Waals surface area contributed by atoms with Crippen LogP contribution in [0.2, 0.25) is 0 Å². The second-order valence-electron chi connectivity index (χ2n) is 4.07. The predicted molar refractivity (Wildman–Crippen MR) is 57.6 cm³/mol. The molecule has 15 heavy (non-hydrogen) atoms. The van der Waals surface area contributed by atoms with Crippen LogP contribution in [0.4, 0.5) is 0 Å². The van der Waals surface area contributed by atoms with Crippen molar-refractivity contribution in [2.75, 3.05) is 0 Å². The monoisotopic (exact) mass is 205 g/mol. The number of carboxylic acids is 1. The number of rotatable bonds is 3. The SMILES string of the molecule is NCc1ccc2c(c1)CCC2CC(=O)O. The first-order valence-electron chi connectivity index (χ1n) is 5.24. The van der Waals surface area contributed by atoms with E-state index in [1.807, 2.05) is 12.1 Å². The molecule has 0 spiro atoms. The van der Waals surface area contributed by atoms with E-state index in [0.29, 0.717) is 6.54 Å². The lowest BCUT2D eigenvalue weighted by molar-refractivity contribution is -0.137. The molecule has 3 nitrogen and oxygen atoms in total. The molecule has 0 bridgehead atoms. The van der Waals surface area contributed by atoms with Crippen molar-refractivity contribution in [1.29, 1.82) is 0 Å². The second-order valence-corrected chi connectivity index (χ2v) is 4.07. The minimum absolute atomic E-state index is 0.198. The summed E-state index contributed by atoms with van der Waals surface area (Å²) >= 11 is 0. The van der Waals surface area contributed by atoms with Gasteiger partial charge in [-0.25, -0.2) is 0 Å². The largest absolute Gasteiger partial charge is 0.481 e. The number of carbonyl (C=O) groups is 1. The smallest absolute Gasteiger partial charge is 0.303 e. The molecule has 0 saturated carbocycles. The highest BCUT2D eigenvalue weighted by molar-refractivity contribution is 5.68. The zero-order valence-electron chi connectivity index (χ0n) is 8.57. The Hall–Kier alpha value is -1.35. The van der Waals surface area contributed by atoms with Gasteiger partial charge in [-0.15, -0.1) is 0 Å². The zero-order chi connectivity index (χ0) is 10.8. The van der Waals surface area contributed by atoms with E-state index in [1.54, 1.807) is 0 Å². The lowest BCUT2D eigenvalue weighted by atomic mass is 9.97. The molecule has 0 heterocycles. The Balaban J connectivity index is 2.24. The first kappa shape index (κ1) is 10.2. The van der Waals surface area contributed by atoms with E-state index < -0.39 is 5.97 Å². The molecule has 0 saturated heterocycles.